The molecule has 1 aliphatic heterocycles. The highest BCUT2D eigenvalue weighted by atomic mass is 35.5. The van der Waals surface area contributed by atoms with Crippen LogP contribution in [-0.2, 0) is 4.74 Å². The van der Waals surface area contributed by atoms with Gasteiger partial charge in [0.1, 0.15) is 11.4 Å². The molecular formula is C28H33Cl2N3O4. The van der Waals surface area contributed by atoms with E-state index in [0.717, 1.165) is 62.4 Å². The molecule has 1 saturated heterocycles. The Morgan fingerprint density at radius 2 is 1.76 bits per heavy atom. The van der Waals surface area contributed by atoms with Gasteiger partial charge in [-0.1, -0.05) is 29.3 Å². The molecule has 0 atom stereocenters. The van der Waals surface area contributed by atoms with Gasteiger partial charge in [0.25, 0.3) is 0 Å². The number of carbonyl (C=O) groups excluding carboxylic acids is 1. The number of ether oxygens (including phenoxy) is 3. The van der Waals surface area contributed by atoms with Crippen molar-refractivity contribution in [1.82, 2.24) is 9.88 Å². The molecule has 0 radical (unpaired) electrons. The van der Waals surface area contributed by atoms with E-state index < -0.39 is 11.8 Å². The molecule has 1 fully saturated rings. The molecule has 0 amide bonds. The smallest absolute Gasteiger partial charge is 0.494 e. The van der Waals surface area contributed by atoms with Gasteiger partial charge < -0.3 is 19.1 Å². The summed E-state index contributed by atoms with van der Waals surface area (Å²) in [7, 11) is 0. The Bertz CT molecular complexity index is 1220. The summed E-state index contributed by atoms with van der Waals surface area (Å²) in [5.41, 5.74) is 1.07. The molecule has 0 bridgehead atoms. The van der Waals surface area contributed by atoms with Crippen LogP contribution < -0.4 is 14.4 Å². The van der Waals surface area contributed by atoms with E-state index in [4.69, 9.17) is 37.4 Å². The normalized spacial score (nSPS) is 14.6. The van der Waals surface area contributed by atoms with Gasteiger partial charge in [0.15, 0.2) is 0 Å². The zero-order valence-corrected chi connectivity index (χ0v) is 23.0. The molecule has 0 N–H and O–H groups in total. The highest BCUT2D eigenvalue weighted by Crippen LogP contribution is 2.33. The highest BCUT2D eigenvalue weighted by Gasteiger charge is 2.20. The van der Waals surface area contributed by atoms with Crippen LogP contribution in [0.2, 0.25) is 10.0 Å². The van der Waals surface area contributed by atoms with E-state index in [9.17, 15) is 4.79 Å². The number of hydrogen-bond donors (Lipinski definition) is 0. The van der Waals surface area contributed by atoms with Crippen molar-refractivity contribution in [2.75, 3.05) is 44.2 Å². The minimum atomic E-state index is -0.776. The molecule has 0 saturated carbocycles. The lowest BCUT2D eigenvalue weighted by atomic mass is 10.2. The summed E-state index contributed by atoms with van der Waals surface area (Å²) in [6.07, 6.45) is 1.23. The van der Waals surface area contributed by atoms with Gasteiger partial charge in [0.05, 0.1) is 27.9 Å². The maximum Gasteiger partial charge on any atom is 0.515 e. The number of rotatable bonds is 8. The summed E-state index contributed by atoms with van der Waals surface area (Å²) in [5.74, 6) is 0.929. The number of carbonyl (C=O) groups is 1. The van der Waals surface area contributed by atoms with Crippen LogP contribution in [0.5, 0.6) is 11.6 Å². The number of fused-ring (bicyclic) bond motifs is 1. The number of benzene rings is 2. The summed E-state index contributed by atoms with van der Waals surface area (Å²) >= 11 is 12.6. The summed E-state index contributed by atoms with van der Waals surface area (Å²) in [4.78, 5) is 21.1. The molecule has 1 aliphatic rings. The zero-order valence-electron chi connectivity index (χ0n) is 21.5. The van der Waals surface area contributed by atoms with Crippen LogP contribution in [0.4, 0.5) is 10.5 Å². The van der Waals surface area contributed by atoms with Crippen molar-refractivity contribution in [2.45, 2.75) is 39.2 Å². The molecule has 7 nitrogen and oxygen atoms in total. The molecule has 0 aliphatic carbocycles. The Kier molecular flexibility index (Phi) is 9.00. The third-order valence-corrected chi connectivity index (χ3v) is 6.81. The monoisotopic (exact) mass is 545 g/mol. The number of unbranched alkanes of at least 4 members (excludes halogenated alkanes) is 1. The second-order valence-corrected chi connectivity index (χ2v) is 10.8. The molecule has 198 valence electrons. The van der Waals surface area contributed by atoms with E-state index in [-0.39, 0.29) is 5.88 Å². The predicted molar refractivity (Wildman–Crippen MR) is 148 cm³/mol. The lowest BCUT2D eigenvalue weighted by molar-refractivity contribution is 0.0198. The third kappa shape index (κ3) is 7.87. The van der Waals surface area contributed by atoms with Crippen LogP contribution in [0.15, 0.2) is 48.5 Å². The van der Waals surface area contributed by atoms with Crippen LogP contribution in [0, 0.1) is 0 Å². The molecule has 37 heavy (non-hydrogen) atoms. The Morgan fingerprint density at radius 1 is 1.00 bits per heavy atom. The SMILES string of the molecule is CC(C)(C)OC(=O)Oc1ccc2ccc(OCCCCN3CCN(c4cccc(Cl)c4Cl)CC3)cc2n1. The van der Waals surface area contributed by atoms with Crippen LogP contribution in [-0.4, -0.2) is 61.0 Å². The fraction of sp³-hybridized carbons (Fsp3) is 0.429. The van der Waals surface area contributed by atoms with Crippen molar-refractivity contribution in [1.29, 1.82) is 0 Å². The molecular weight excluding hydrogens is 513 g/mol. The number of pyridine rings is 1. The first kappa shape index (κ1) is 27.3. The highest BCUT2D eigenvalue weighted by molar-refractivity contribution is 6.43. The Hall–Kier alpha value is -2.74. The van der Waals surface area contributed by atoms with Crippen molar-refractivity contribution >= 4 is 45.9 Å². The third-order valence-electron chi connectivity index (χ3n) is 6.00. The van der Waals surface area contributed by atoms with E-state index in [2.05, 4.69) is 14.8 Å². The lowest BCUT2D eigenvalue weighted by Gasteiger charge is -2.36. The van der Waals surface area contributed by atoms with E-state index in [1.54, 1.807) is 26.8 Å². The molecule has 0 spiro atoms. The zero-order chi connectivity index (χ0) is 26.4. The minimum Gasteiger partial charge on any atom is -0.494 e. The van der Waals surface area contributed by atoms with Crippen LogP contribution in [0.1, 0.15) is 33.6 Å². The maximum absolute atomic E-state index is 11.9. The molecule has 2 heterocycles. The number of hydrogen-bond acceptors (Lipinski definition) is 7. The molecule has 9 heteroatoms. The van der Waals surface area contributed by atoms with Gasteiger partial charge >= 0.3 is 6.16 Å². The number of nitrogens with zero attached hydrogens (tertiary/aromatic N) is 3. The van der Waals surface area contributed by atoms with Crippen LogP contribution >= 0.6 is 23.2 Å². The molecule has 0 unspecified atom stereocenters. The van der Waals surface area contributed by atoms with Gasteiger partial charge in [0.2, 0.25) is 5.88 Å². The second-order valence-electron chi connectivity index (χ2n) is 10.0. The topological polar surface area (TPSA) is 64.1 Å². The summed E-state index contributed by atoms with van der Waals surface area (Å²) < 4.78 is 16.4. The predicted octanol–water partition coefficient (Wildman–Crippen LogP) is 6.84. The van der Waals surface area contributed by atoms with E-state index in [1.165, 1.54) is 0 Å². The molecule has 3 aromatic rings. The molecule has 2 aromatic carbocycles. The van der Waals surface area contributed by atoms with Crippen molar-refractivity contribution in [3.05, 3.63) is 58.6 Å². The molecule has 4 rings (SSSR count). The fourth-order valence-corrected chi connectivity index (χ4v) is 4.57. The second kappa shape index (κ2) is 12.2. The van der Waals surface area contributed by atoms with Crippen molar-refractivity contribution in [3.8, 4) is 11.6 Å². The first-order chi connectivity index (χ1) is 17.7. The van der Waals surface area contributed by atoms with Crippen molar-refractivity contribution in [3.63, 3.8) is 0 Å². The van der Waals surface area contributed by atoms with E-state index in [1.807, 2.05) is 42.5 Å². The summed E-state index contributed by atoms with van der Waals surface area (Å²) in [6, 6.07) is 15.0. The van der Waals surface area contributed by atoms with Gasteiger partial charge in [0, 0.05) is 43.7 Å². The average Bonchev–Trinajstić information content (AvgIpc) is 2.84. The number of anilines is 1. The quantitative estimate of drug-likeness (QED) is 0.227. The minimum absolute atomic E-state index is 0.191. The number of piperazine rings is 1. The van der Waals surface area contributed by atoms with Crippen LogP contribution in [0.3, 0.4) is 0 Å². The lowest BCUT2D eigenvalue weighted by Crippen LogP contribution is -2.46. The van der Waals surface area contributed by atoms with E-state index in [0.29, 0.717) is 22.2 Å². The molecule has 1 aromatic heterocycles. The van der Waals surface area contributed by atoms with Gasteiger partial charge in [-0.2, -0.15) is 0 Å². The van der Waals surface area contributed by atoms with Crippen LogP contribution in [0.25, 0.3) is 10.9 Å². The van der Waals surface area contributed by atoms with Crippen molar-refractivity contribution in [2.24, 2.45) is 0 Å². The largest absolute Gasteiger partial charge is 0.515 e. The maximum atomic E-state index is 11.9. The standard InChI is InChI=1S/C28H33Cl2N3O4/c1-28(2,3)37-27(34)36-25-12-10-20-9-11-21(19-23(20)31-25)35-18-5-4-13-32-14-16-33(17-15-32)24-8-6-7-22(29)26(24)30/h6-12,19H,4-5,13-18H2,1-3H3. The van der Waals surface area contributed by atoms with Gasteiger partial charge in [-0.25, -0.2) is 9.78 Å². The average molecular weight is 546 g/mol. The Balaban J connectivity index is 1.19. The first-order valence-corrected chi connectivity index (χ1v) is 13.3. The van der Waals surface area contributed by atoms with Gasteiger partial charge in [-0.05, 0) is 70.5 Å². The first-order valence-electron chi connectivity index (χ1n) is 12.5. The summed E-state index contributed by atoms with van der Waals surface area (Å²) in [5, 5.41) is 2.16. The van der Waals surface area contributed by atoms with E-state index >= 15 is 0 Å². The Morgan fingerprint density at radius 3 is 2.51 bits per heavy atom. The van der Waals surface area contributed by atoms with Crippen molar-refractivity contribution < 1.29 is 19.0 Å². The fourth-order valence-electron chi connectivity index (χ4n) is 4.16. The summed E-state index contributed by atoms with van der Waals surface area (Å²) in [6.45, 7) is 10.9. The van der Waals surface area contributed by atoms with Gasteiger partial charge in [-0.15, -0.1) is 0 Å². The number of halogens is 2. The number of aromatic nitrogens is 1. The van der Waals surface area contributed by atoms with Gasteiger partial charge in [-0.3, -0.25) is 4.90 Å². The Labute approximate surface area is 228 Å².